The van der Waals surface area contributed by atoms with Crippen LogP contribution in [0.1, 0.15) is 41.3 Å². The van der Waals surface area contributed by atoms with E-state index in [0.717, 1.165) is 37.5 Å². The van der Waals surface area contributed by atoms with Crippen LogP contribution in [0.5, 0.6) is 0 Å². The smallest absolute Gasteiger partial charge is 0.277 e. The van der Waals surface area contributed by atoms with Gasteiger partial charge in [0, 0.05) is 24.7 Å². The standard InChI is InChI=1S/C20H21N3O5/c1-2-9-21(17-8-7-14-5-3-4-6-15(14)10-17)20(24)16-11-18(22(25)26)13-19(12-16)23(27)28/h3-6,11-13,17H,2,7-10H2,1H3. The van der Waals surface area contributed by atoms with Gasteiger partial charge in [0.1, 0.15) is 0 Å². The molecule has 28 heavy (non-hydrogen) atoms. The van der Waals surface area contributed by atoms with Crippen LogP contribution in [0.25, 0.3) is 0 Å². The first-order chi connectivity index (χ1) is 13.4. The van der Waals surface area contributed by atoms with E-state index in [2.05, 4.69) is 6.07 Å². The molecule has 0 radical (unpaired) electrons. The van der Waals surface area contributed by atoms with Crippen LogP contribution in [0.3, 0.4) is 0 Å². The van der Waals surface area contributed by atoms with Gasteiger partial charge < -0.3 is 4.90 Å². The fourth-order valence-corrected chi connectivity index (χ4v) is 3.73. The van der Waals surface area contributed by atoms with Crippen LogP contribution < -0.4 is 0 Å². The summed E-state index contributed by atoms with van der Waals surface area (Å²) in [6.45, 7) is 2.44. The molecule has 1 aliphatic rings. The minimum Gasteiger partial charge on any atom is -0.335 e. The van der Waals surface area contributed by atoms with E-state index in [9.17, 15) is 25.0 Å². The molecular formula is C20H21N3O5. The number of aryl methyl sites for hydroxylation is 1. The summed E-state index contributed by atoms with van der Waals surface area (Å²) < 4.78 is 0. The van der Waals surface area contributed by atoms with Gasteiger partial charge in [0.05, 0.1) is 21.5 Å². The second-order valence-electron chi connectivity index (χ2n) is 6.92. The number of fused-ring (bicyclic) bond motifs is 1. The van der Waals surface area contributed by atoms with Crippen molar-refractivity contribution in [3.8, 4) is 0 Å². The zero-order valence-electron chi connectivity index (χ0n) is 15.5. The number of nitrogens with zero attached hydrogens (tertiary/aromatic N) is 3. The molecule has 0 N–H and O–H groups in total. The predicted octanol–water partition coefficient (Wildman–Crippen LogP) is 3.91. The molecule has 0 saturated heterocycles. The molecule has 0 bridgehead atoms. The van der Waals surface area contributed by atoms with Crippen molar-refractivity contribution in [1.29, 1.82) is 0 Å². The number of non-ortho nitro benzene ring substituents is 2. The molecule has 0 fully saturated rings. The Morgan fingerprint density at radius 3 is 2.25 bits per heavy atom. The number of nitro benzene ring substituents is 2. The number of carbonyl (C=O) groups excluding carboxylic acids is 1. The highest BCUT2D eigenvalue weighted by atomic mass is 16.6. The monoisotopic (exact) mass is 383 g/mol. The average molecular weight is 383 g/mol. The van der Waals surface area contributed by atoms with Gasteiger partial charge in [-0.1, -0.05) is 31.2 Å². The van der Waals surface area contributed by atoms with Crippen LogP contribution in [0.4, 0.5) is 11.4 Å². The maximum absolute atomic E-state index is 13.2. The maximum atomic E-state index is 13.2. The first-order valence-electron chi connectivity index (χ1n) is 9.22. The molecule has 0 aliphatic heterocycles. The lowest BCUT2D eigenvalue weighted by atomic mass is 9.87. The predicted molar refractivity (Wildman–Crippen MR) is 103 cm³/mol. The quantitative estimate of drug-likeness (QED) is 0.555. The lowest BCUT2D eigenvalue weighted by molar-refractivity contribution is -0.394. The Balaban J connectivity index is 1.94. The van der Waals surface area contributed by atoms with Crippen LogP contribution in [-0.4, -0.2) is 33.2 Å². The number of rotatable bonds is 6. The summed E-state index contributed by atoms with van der Waals surface area (Å²) >= 11 is 0. The number of nitro groups is 2. The Kier molecular flexibility index (Phi) is 5.67. The zero-order valence-corrected chi connectivity index (χ0v) is 15.5. The summed E-state index contributed by atoms with van der Waals surface area (Å²) in [4.78, 5) is 35.7. The van der Waals surface area contributed by atoms with Crippen molar-refractivity contribution in [2.24, 2.45) is 0 Å². The molecular weight excluding hydrogens is 362 g/mol. The topological polar surface area (TPSA) is 107 Å². The van der Waals surface area contributed by atoms with Gasteiger partial charge in [-0.2, -0.15) is 0 Å². The van der Waals surface area contributed by atoms with Crippen LogP contribution in [0.2, 0.25) is 0 Å². The van der Waals surface area contributed by atoms with Gasteiger partial charge in [0.25, 0.3) is 17.3 Å². The Morgan fingerprint density at radius 1 is 1.07 bits per heavy atom. The number of hydrogen-bond acceptors (Lipinski definition) is 5. The lowest BCUT2D eigenvalue weighted by Gasteiger charge is -2.35. The van der Waals surface area contributed by atoms with E-state index in [0.29, 0.717) is 13.0 Å². The molecule has 1 aliphatic carbocycles. The number of carbonyl (C=O) groups is 1. The summed E-state index contributed by atoms with van der Waals surface area (Å²) in [5.74, 6) is -0.405. The van der Waals surface area contributed by atoms with Crippen LogP contribution in [0, 0.1) is 20.2 Å². The first kappa shape index (κ1) is 19.5. The van der Waals surface area contributed by atoms with E-state index in [1.54, 1.807) is 4.90 Å². The fraction of sp³-hybridized carbons (Fsp3) is 0.350. The van der Waals surface area contributed by atoms with Gasteiger partial charge in [-0.15, -0.1) is 0 Å². The number of amides is 1. The third-order valence-electron chi connectivity index (χ3n) is 5.06. The molecule has 3 rings (SSSR count). The van der Waals surface area contributed by atoms with E-state index in [-0.39, 0.29) is 11.6 Å². The molecule has 2 aromatic carbocycles. The number of hydrogen-bond donors (Lipinski definition) is 0. The lowest BCUT2D eigenvalue weighted by Crippen LogP contribution is -2.44. The molecule has 0 aromatic heterocycles. The third-order valence-corrected chi connectivity index (χ3v) is 5.06. The molecule has 0 spiro atoms. The van der Waals surface area contributed by atoms with Gasteiger partial charge in [0.15, 0.2) is 0 Å². The van der Waals surface area contributed by atoms with Crippen molar-refractivity contribution in [3.05, 3.63) is 79.4 Å². The fourth-order valence-electron chi connectivity index (χ4n) is 3.73. The number of benzene rings is 2. The van der Waals surface area contributed by atoms with Crippen LogP contribution >= 0.6 is 0 Å². The van der Waals surface area contributed by atoms with Gasteiger partial charge in [-0.05, 0) is 36.8 Å². The van der Waals surface area contributed by atoms with Crippen molar-refractivity contribution in [2.45, 2.75) is 38.6 Å². The summed E-state index contributed by atoms with van der Waals surface area (Å²) in [5, 5.41) is 22.3. The summed E-state index contributed by atoms with van der Waals surface area (Å²) in [7, 11) is 0. The molecule has 0 heterocycles. The van der Waals surface area contributed by atoms with E-state index in [4.69, 9.17) is 0 Å². The molecule has 8 nitrogen and oxygen atoms in total. The molecule has 1 amide bonds. The van der Waals surface area contributed by atoms with Crippen LogP contribution in [0.15, 0.2) is 42.5 Å². The Hall–Kier alpha value is -3.29. The largest absolute Gasteiger partial charge is 0.335 e. The summed E-state index contributed by atoms with van der Waals surface area (Å²) in [6.07, 6.45) is 3.07. The first-order valence-corrected chi connectivity index (χ1v) is 9.22. The third kappa shape index (κ3) is 4.00. The highest BCUT2D eigenvalue weighted by molar-refractivity contribution is 5.96. The Bertz CT molecular complexity index is 896. The van der Waals surface area contributed by atoms with Gasteiger partial charge in [0.2, 0.25) is 0 Å². The Labute approximate surface area is 162 Å². The van der Waals surface area contributed by atoms with Gasteiger partial charge >= 0.3 is 0 Å². The summed E-state index contributed by atoms with van der Waals surface area (Å²) in [5.41, 5.74) is 1.53. The molecule has 146 valence electrons. The van der Waals surface area contributed by atoms with E-state index >= 15 is 0 Å². The minimum absolute atomic E-state index is 0.0202. The summed E-state index contributed by atoms with van der Waals surface area (Å²) in [6, 6.07) is 11.2. The van der Waals surface area contributed by atoms with E-state index in [1.807, 2.05) is 25.1 Å². The molecule has 0 saturated carbocycles. The van der Waals surface area contributed by atoms with Crippen molar-refractivity contribution in [1.82, 2.24) is 4.90 Å². The van der Waals surface area contributed by atoms with E-state index < -0.39 is 27.1 Å². The molecule has 1 atom stereocenters. The molecule has 1 unspecified atom stereocenters. The zero-order chi connectivity index (χ0) is 20.3. The van der Waals surface area contributed by atoms with Crippen molar-refractivity contribution >= 4 is 17.3 Å². The highest BCUT2D eigenvalue weighted by Gasteiger charge is 2.30. The normalized spacial score (nSPS) is 15.5. The van der Waals surface area contributed by atoms with Crippen LogP contribution in [-0.2, 0) is 12.8 Å². The maximum Gasteiger partial charge on any atom is 0.277 e. The van der Waals surface area contributed by atoms with E-state index in [1.165, 1.54) is 11.1 Å². The average Bonchev–Trinajstić information content (AvgIpc) is 2.70. The SMILES string of the molecule is CCCN(C(=O)c1cc([N+](=O)[O-])cc([N+](=O)[O-])c1)C1CCc2ccccc2C1. The molecule has 2 aromatic rings. The van der Waals surface area contributed by atoms with Crippen molar-refractivity contribution in [3.63, 3.8) is 0 Å². The van der Waals surface area contributed by atoms with Crippen molar-refractivity contribution in [2.75, 3.05) is 6.54 Å². The van der Waals surface area contributed by atoms with Gasteiger partial charge in [-0.3, -0.25) is 25.0 Å². The second-order valence-corrected chi connectivity index (χ2v) is 6.92. The second kappa shape index (κ2) is 8.16. The van der Waals surface area contributed by atoms with Crippen molar-refractivity contribution < 1.29 is 14.6 Å². The minimum atomic E-state index is -0.717. The molecule has 8 heteroatoms. The highest BCUT2D eigenvalue weighted by Crippen LogP contribution is 2.28. The van der Waals surface area contributed by atoms with Gasteiger partial charge in [-0.25, -0.2) is 0 Å². The Morgan fingerprint density at radius 2 is 1.68 bits per heavy atom.